The Morgan fingerprint density at radius 2 is 1.88 bits per heavy atom. The number of rotatable bonds is 5. The van der Waals surface area contributed by atoms with Crippen molar-refractivity contribution in [3.63, 3.8) is 0 Å². The van der Waals surface area contributed by atoms with Crippen LogP contribution in [0.15, 0.2) is 57.5 Å². The third kappa shape index (κ3) is 5.29. The quantitative estimate of drug-likeness (QED) is 0.331. The molecule has 126 valence electrons. The molecule has 1 aromatic carbocycles. The minimum absolute atomic E-state index is 0. The second kappa shape index (κ2) is 9.75. The Bertz CT molecular complexity index is 754. The molecule has 0 aliphatic heterocycles. The van der Waals surface area contributed by atoms with Crippen molar-refractivity contribution in [2.45, 2.75) is 13.1 Å². The van der Waals surface area contributed by atoms with Crippen molar-refractivity contribution in [1.82, 2.24) is 15.6 Å². The van der Waals surface area contributed by atoms with Crippen LogP contribution in [-0.4, -0.2) is 18.0 Å². The Hall–Kier alpha value is -1.45. The van der Waals surface area contributed by atoms with Crippen LogP contribution in [0.25, 0.3) is 11.3 Å². The van der Waals surface area contributed by atoms with Gasteiger partial charge in [-0.15, -0.1) is 35.3 Å². The Balaban J connectivity index is 0.00000208. The first kappa shape index (κ1) is 18.9. The van der Waals surface area contributed by atoms with E-state index in [2.05, 4.69) is 54.9 Å². The molecule has 2 heterocycles. The number of hydrogen-bond acceptors (Lipinski definition) is 4. The zero-order valence-corrected chi connectivity index (χ0v) is 17.2. The summed E-state index contributed by atoms with van der Waals surface area (Å²) in [4.78, 5) is 8.91. The zero-order chi connectivity index (χ0) is 15.9. The second-order valence-corrected chi connectivity index (χ2v) is 6.63. The van der Waals surface area contributed by atoms with E-state index in [0.29, 0.717) is 6.54 Å². The number of aromatic nitrogens is 1. The number of benzene rings is 1. The van der Waals surface area contributed by atoms with Crippen molar-refractivity contribution < 1.29 is 0 Å². The molecule has 0 spiro atoms. The van der Waals surface area contributed by atoms with Gasteiger partial charge in [0, 0.05) is 24.5 Å². The molecule has 3 rings (SSSR count). The van der Waals surface area contributed by atoms with Gasteiger partial charge in [-0.3, -0.25) is 4.99 Å². The first-order chi connectivity index (χ1) is 11.3. The zero-order valence-electron chi connectivity index (χ0n) is 13.2. The van der Waals surface area contributed by atoms with Crippen LogP contribution in [0.5, 0.6) is 0 Å². The number of hydrogen-bond donors (Lipinski definition) is 2. The van der Waals surface area contributed by atoms with Crippen molar-refractivity contribution in [3.05, 3.63) is 63.1 Å². The number of halogens is 1. The molecule has 0 bridgehead atoms. The van der Waals surface area contributed by atoms with Gasteiger partial charge >= 0.3 is 0 Å². The van der Waals surface area contributed by atoms with E-state index in [9.17, 15) is 0 Å². The molecule has 0 atom stereocenters. The smallest absolute Gasteiger partial charge is 0.191 e. The first-order valence-corrected chi connectivity index (χ1v) is 9.13. The number of thiophene rings is 1. The fourth-order valence-electron chi connectivity index (χ4n) is 2.09. The van der Waals surface area contributed by atoms with Crippen LogP contribution in [0.1, 0.15) is 10.6 Å². The largest absolute Gasteiger partial charge is 0.352 e. The van der Waals surface area contributed by atoms with Gasteiger partial charge in [0.1, 0.15) is 5.01 Å². The van der Waals surface area contributed by atoms with Crippen molar-refractivity contribution in [1.29, 1.82) is 0 Å². The van der Waals surface area contributed by atoms with Gasteiger partial charge in [-0.1, -0.05) is 30.3 Å². The second-order valence-electron chi connectivity index (χ2n) is 4.90. The van der Waals surface area contributed by atoms with Crippen LogP contribution < -0.4 is 10.6 Å². The highest BCUT2D eigenvalue weighted by Gasteiger charge is 2.05. The molecule has 0 unspecified atom stereocenters. The van der Waals surface area contributed by atoms with Crippen molar-refractivity contribution in [2.75, 3.05) is 7.05 Å². The highest BCUT2D eigenvalue weighted by atomic mass is 127. The highest BCUT2D eigenvalue weighted by molar-refractivity contribution is 14.0. The van der Waals surface area contributed by atoms with Crippen molar-refractivity contribution in [3.8, 4) is 11.3 Å². The maximum atomic E-state index is 4.67. The van der Waals surface area contributed by atoms with Gasteiger partial charge in [-0.2, -0.15) is 11.3 Å². The lowest BCUT2D eigenvalue weighted by molar-refractivity contribution is 0.807. The average molecular weight is 470 g/mol. The van der Waals surface area contributed by atoms with Crippen LogP contribution in [0.2, 0.25) is 0 Å². The summed E-state index contributed by atoms with van der Waals surface area (Å²) in [5.74, 6) is 0.785. The van der Waals surface area contributed by atoms with Gasteiger partial charge in [0.2, 0.25) is 0 Å². The number of thiazole rings is 1. The Labute approximate surface area is 167 Å². The molecule has 0 saturated heterocycles. The highest BCUT2D eigenvalue weighted by Crippen LogP contribution is 2.21. The van der Waals surface area contributed by atoms with E-state index in [1.807, 2.05) is 18.2 Å². The predicted molar refractivity (Wildman–Crippen MR) is 114 cm³/mol. The predicted octanol–water partition coefficient (Wildman–Crippen LogP) is 4.35. The van der Waals surface area contributed by atoms with E-state index < -0.39 is 0 Å². The summed E-state index contributed by atoms with van der Waals surface area (Å²) in [7, 11) is 1.78. The third-order valence-corrected chi connectivity index (χ3v) is 4.87. The van der Waals surface area contributed by atoms with Gasteiger partial charge in [0.05, 0.1) is 12.2 Å². The fraction of sp³-hybridized carbons (Fsp3) is 0.176. The number of nitrogens with zero attached hydrogens (tertiary/aromatic N) is 2. The monoisotopic (exact) mass is 470 g/mol. The van der Waals surface area contributed by atoms with E-state index in [0.717, 1.165) is 28.8 Å². The van der Waals surface area contributed by atoms with Crippen LogP contribution in [0, 0.1) is 0 Å². The molecule has 4 nitrogen and oxygen atoms in total. The van der Waals surface area contributed by atoms with E-state index in [-0.39, 0.29) is 24.0 Å². The molecule has 0 radical (unpaired) electrons. The van der Waals surface area contributed by atoms with Crippen molar-refractivity contribution >= 4 is 52.6 Å². The summed E-state index contributed by atoms with van der Waals surface area (Å²) in [5.41, 5.74) is 3.43. The van der Waals surface area contributed by atoms with Gasteiger partial charge in [-0.25, -0.2) is 4.98 Å². The lowest BCUT2D eigenvalue weighted by Gasteiger charge is -2.09. The molecule has 0 amide bonds. The summed E-state index contributed by atoms with van der Waals surface area (Å²) in [6.07, 6.45) is 0. The summed E-state index contributed by atoms with van der Waals surface area (Å²) >= 11 is 3.36. The Morgan fingerprint density at radius 1 is 1.08 bits per heavy atom. The Morgan fingerprint density at radius 3 is 2.58 bits per heavy atom. The van der Waals surface area contributed by atoms with Gasteiger partial charge in [0.15, 0.2) is 5.96 Å². The molecule has 2 aromatic heterocycles. The van der Waals surface area contributed by atoms with Crippen LogP contribution >= 0.6 is 46.7 Å². The van der Waals surface area contributed by atoms with Crippen LogP contribution in [-0.2, 0) is 13.1 Å². The van der Waals surface area contributed by atoms with Gasteiger partial charge in [-0.05, 0) is 22.4 Å². The molecule has 0 aliphatic rings. The normalized spacial score (nSPS) is 11.0. The van der Waals surface area contributed by atoms with Crippen molar-refractivity contribution in [2.24, 2.45) is 4.99 Å². The molecule has 24 heavy (non-hydrogen) atoms. The summed E-state index contributed by atoms with van der Waals surface area (Å²) in [5, 5.41) is 14.0. The maximum absolute atomic E-state index is 4.67. The number of aliphatic imine (C=N–C) groups is 1. The lowest BCUT2D eigenvalue weighted by Crippen LogP contribution is -2.36. The first-order valence-electron chi connectivity index (χ1n) is 7.30. The topological polar surface area (TPSA) is 49.3 Å². The Kier molecular flexibility index (Phi) is 7.67. The number of nitrogens with one attached hydrogen (secondary N) is 2. The minimum Gasteiger partial charge on any atom is -0.352 e. The molecular formula is C17H19IN4S2. The molecule has 3 aromatic rings. The van der Waals surface area contributed by atoms with E-state index in [1.54, 1.807) is 29.7 Å². The van der Waals surface area contributed by atoms with Gasteiger partial charge < -0.3 is 10.6 Å². The molecule has 0 aliphatic carbocycles. The van der Waals surface area contributed by atoms with Crippen LogP contribution in [0.3, 0.4) is 0 Å². The SMILES string of the molecule is CN=C(NCc1ccsc1)NCc1nc(-c2ccccc2)cs1.I. The van der Waals surface area contributed by atoms with E-state index in [4.69, 9.17) is 0 Å². The molecule has 0 fully saturated rings. The molecule has 2 N–H and O–H groups in total. The standard InChI is InChI=1S/C17H18N4S2.HI/c1-18-17(19-9-13-7-8-22-11-13)20-10-16-21-15(12-23-16)14-5-3-2-4-6-14;/h2-8,11-12H,9-10H2,1H3,(H2,18,19,20);1H. The average Bonchev–Trinajstić information content (AvgIpc) is 3.27. The fourth-order valence-corrected chi connectivity index (χ4v) is 3.50. The third-order valence-electron chi connectivity index (χ3n) is 3.29. The van der Waals surface area contributed by atoms with E-state index in [1.165, 1.54) is 5.56 Å². The minimum atomic E-state index is 0. The summed E-state index contributed by atoms with van der Waals surface area (Å²) < 4.78 is 0. The van der Waals surface area contributed by atoms with E-state index >= 15 is 0 Å². The molecular weight excluding hydrogens is 451 g/mol. The maximum Gasteiger partial charge on any atom is 0.191 e. The van der Waals surface area contributed by atoms with Crippen LogP contribution in [0.4, 0.5) is 0 Å². The molecule has 0 saturated carbocycles. The summed E-state index contributed by atoms with van der Waals surface area (Å²) in [6, 6.07) is 12.3. The number of guanidine groups is 1. The molecule has 7 heteroatoms. The summed E-state index contributed by atoms with van der Waals surface area (Å²) in [6.45, 7) is 1.44. The lowest BCUT2D eigenvalue weighted by atomic mass is 10.2. The van der Waals surface area contributed by atoms with Gasteiger partial charge in [0.25, 0.3) is 0 Å².